The molecule has 78 valence electrons. The maximum atomic E-state index is 11.4. The highest BCUT2D eigenvalue weighted by Gasteiger charge is 2.04. The van der Waals surface area contributed by atoms with E-state index in [1.54, 1.807) is 0 Å². The van der Waals surface area contributed by atoms with Gasteiger partial charge in [0.15, 0.2) is 0 Å². The zero-order valence-electron chi connectivity index (χ0n) is 8.13. The van der Waals surface area contributed by atoms with Gasteiger partial charge in [-0.3, -0.25) is 4.79 Å². The Morgan fingerprint density at radius 2 is 2.50 bits per heavy atom. The van der Waals surface area contributed by atoms with Crippen molar-refractivity contribution in [3.8, 4) is 0 Å². The number of nitrogens with one attached hydrogen (secondary N) is 1. The third kappa shape index (κ3) is 4.11. The number of hydrogen-bond acceptors (Lipinski definition) is 2. The summed E-state index contributed by atoms with van der Waals surface area (Å²) in [5.74, 6) is 0.0159. The van der Waals surface area contributed by atoms with E-state index in [4.69, 9.17) is 11.6 Å². The lowest BCUT2D eigenvalue weighted by Gasteiger charge is -2.04. The summed E-state index contributed by atoms with van der Waals surface area (Å²) in [5.41, 5.74) is 0. The second kappa shape index (κ2) is 6.04. The van der Waals surface area contributed by atoms with Crippen molar-refractivity contribution in [1.29, 1.82) is 0 Å². The van der Waals surface area contributed by atoms with E-state index >= 15 is 0 Å². The number of halogens is 1. The van der Waals surface area contributed by atoms with Crippen LogP contribution in [0.2, 0.25) is 0 Å². The molecule has 0 aromatic carbocycles. The lowest BCUT2D eigenvalue weighted by atomic mass is 10.2. The third-order valence-electron chi connectivity index (χ3n) is 1.81. The predicted octanol–water partition coefficient (Wildman–Crippen LogP) is 2.89. The van der Waals surface area contributed by atoms with Gasteiger partial charge in [-0.1, -0.05) is 6.07 Å². The van der Waals surface area contributed by atoms with Gasteiger partial charge < -0.3 is 5.32 Å². The Kier molecular flexibility index (Phi) is 4.98. The molecule has 1 unspecified atom stereocenters. The average molecular weight is 232 g/mol. The fourth-order valence-electron chi connectivity index (χ4n) is 1.08. The van der Waals surface area contributed by atoms with Crippen molar-refractivity contribution < 1.29 is 4.79 Å². The highest BCUT2D eigenvalue weighted by molar-refractivity contribution is 7.12. The van der Waals surface area contributed by atoms with Gasteiger partial charge in [-0.2, -0.15) is 0 Å². The first-order valence-electron chi connectivity index (χ1n) is 4.66. The number of thiophene rings is 1. The minimum atomic E-state index is 0.0159. The molecule has 0 aliphatic heterocycles. The van der Waals surface area contributed by atoms with Gasteiger partial charge in [-0.05, 0) is 31.2 Å². The van der Waals surface area contributed by atoms with Crippen LogP contribution < -0.4 is 5.32 Å². The van der Waals surface area contributed by atoms with Crippen molar-refractivity contribution in [2.45, 2.75) is 25.1 Å². The van der Waals surface area contributed by atoms with Crippen LogP contribution in [0.3, 0.4) is 0 Å². The van der Waals surface area contributed by atoms with Crippen molar-refractivity contribution in [2.75, 3.05) is 6.54 Å². The zero-order chi connectivity index (χ0) is 10.4. The van der Waals surface area contributed by atoms with E-state index in [1.807, 2.05) is 24.4 Å². The standard InChI is InChI=1S/C10H14ClNOS/c1-8(11)4-2-6-12-10(13)9-5-3-7-14-9/h3,5,7-8H,2,4,6H2,1H3,(H,12,13). The summed E-state index contributed by atoms with van der Waals surface area (Å²) < 4.78 is 0. The number of alkyl halides is 1. The molecule has 0 spiro atoms. The first-order valence-corrected chi connectivity index (χ1v) is 5.97. The second-order valence-electron chi connectivity index (χ2n) is 3.16. The summed E-state index contributed by atoms with van der Waals surface area (Å²) >= 11 is 7.24. The molecule has 0 aliphatic rings. The van der Waals surface area contributed by atoms with Crippen molar-refractivity contribution in [1.82, 2.24) is 5.32 Å². The Hall–Kier alpha value is -0.540. The quantitative estimate of drug-likeness (QED) is 0.613. The Bertz CT molecular complexity index is 272. The molecule has 0 bridgehead atoms. The summed E-state index contributed by atoms with van der Waals surface area (Å²) in [6.45, 7) is 2.66. The van der Waals surface area contributed by atoms with Gasteiger partial charge >= 0.3 is 0 Å². The van der Waals surface area contributed by atoms with Crippen LogP contribution in [-0.2, 0) is 0 Å². The molecule has 1 atom stereocenters. The van der Waals surface area contributed by atoms with Crippen LogP contribution in [0, 0.1) is 0 Å². The maximum absolute atomic E-state index is 11.4. The van der Waals surface area contributed by atoms with E-state index in [9.17, 15) is 4.79 Å². The normalized spacial score (nSPS) is 12.4. The van der Waals surface area contributed by atoms with Gasteiger partial charge in [0.05, 0.1) is 4.88 Å². The van der Waals surface area contributed by atoms with Crippen molar-refractivity contribution in [3.05, 3.63) is 22.4 Å². The van der Waals surface area contributed by atoms with E-state index in [0.717, 1.165) is 17.7 Å². The zero-order valence-corrected chi connectivity index (χ0v) is 9.70. The highest BCUT2D eigenvalue weighted by Crippen LogP contribution is 2.08. The van der Waals surface area contributed by atoms with Crippen LogP contribution in [0.5, 0.6) is 0 Å². The van der Waals surface area contributed by atoms with Crippen LogP contribution in [0.1, 0.15) is 29.4 Å². The van der Waals surface area contributed by atoms with Crippen LogP contribution in [0.15, 0.2) is 17.5 Å². The first-order chi connectivity index (χ1) is 6.70. The Balaban J connectivity index is 2.16. The Labute approximate surface area is 93.3 Å². The number of amides is 1. The van der Waals surface area contributed by atoms with E-state index in [0.29, 0.717) is 6.54 Å². The average Bonchev–Trinajstić information content (AvgIpc) is 2.64. The number of hydrogen-bond donors (Lipinski definition) is 1. The van der Waals surface area contributed by atoms with Gasteiger partial charge in [-0.25, -0.2) is 0 Å². The molecule has 1 N–H and O–H groups in total. The lowest BCUT2D eigenvalue weighted by Crippen LogP contribution is -2.23. The number of carbonyl (C=O) groups is 1. The second-order valence-corrected chi connectivity index (χ2v) is 4.85. The predicted molar refractivity (Wildman–Crippen MR) is 61.2 cm³/mol. The van der Waals surface area contributed by atoms with Gasteiger partial charge in [0.2, 0.25) is 0 Å². The SMILES string of the molecule is CC(Cl)CCCNC(=O)c1cccs1. The topological polar surface area (TPSA) is 29.1 Å². The fraction of sp³-hybridized carbons (Fsp3) is 0.500. The molecule has 1 heterocycles. The molecule has 14 heavy (non-hydrogen) atoms. The van der Waals surface area contributed by atoms with Crippen LogP contribution >= 0.6 is 22.9 Å². The first kappa shape index (κ1) is 11.5. The monoisotopic (exact) mass is 231 g/mol. The van der Waals surface area contributed by atoms with Gasteiger partial charge in [-0.15, -0.1) is 22.9 Å². The fourth-order valence-corrected chi connectivity index (χ4v) is 1.87. The van der Waals surface area contributed by atoms with E-state index in [2.05, 4.69) is 5.32 Å². The van der Waals surface area contributed by atoms with Gasteiger partial charge in [0, 0.05) is 11.9 Å². The summed E-state index contributed by atoms with van der Waals surface area (Å²) in [7, 11) is 0. The molecule has 0 aliphatic carbocycles. The third-order valence-corrected chi connectivity index (χ3v) is 2.90. The largest absolute Gasteiger partial charge is 0.351 e. The van der Waals surface area contributed by atoms with E-state index in [1.165, 1.54) is 11.3 Å². The van der Waals surface area contributed by atoms with Gasteiger partial charge in [0.25, 0.3) is 5.91 Å². The van der Waals surface area contributed by atoms with Crippen LogP contribution in [0.25, 0.3) is 0 Å². The maximum Gasteiger partial charge on any atom is 0.261 e. The minimum absolute atomic E-state index is 0.0159. The van der Waals surface area contributed by atoms with E-state index < -0.39 is 0 Å². The molecule has 4 heteroatoms. The molecule has 1 aromatic heterocycles. The van der Waals surface area contributed by atoms with Crippen molar-refractivity contribution in [3.63, 3.8) is 0 Å². The molecule has 0 saturated carbocycles. The summed E-state index contributed by atoms with van der Waals surface area (Å²) in [4.78, 5) is 12.2. The summed E-state index contributed by atoms with van der Waals surface area (Å²) in [6, 6.07) is 3.70. The Morgan fingerprint density at radius 1 is 1.71 bits per heavy atom. The van der Waals surface area contributed by atoms with Crippen molar-refractivity contribution in [2.24, 2.45) is 0 Å². The lowest BCUT2D eigenvalue weighted by molar-refractivity contribution is 0.0957. The molecule has 1 amide bonds. The molecular formula is C10H14ClNOS. The van der Waals surface area contributed by atoms with Crippen molar-refractivity contribution >= 4 is 28.8 Å². The van der Waals surface area contributed by atoms with E-state index in [-0.39, 0.29) is 11.3 Å². The molecule has 0 saturated heterocycles. The highest BCUT2D eigenvalue weighted by atomic mass is 35.5. The van der Waals surface area contributed by atoms with Gasteiger partial charge in [0.1, 0.15) is 0 Å². The van der Waals surface area contributed by atoms with Crippen LogP contribution in [0.4, 0.5) is 0 Å². The molecule has 1 rings (SSSR count). The number of rotatable bonds is 5. The molecule has 0 radical (unpaired) electrons. The molecule has 1 aromatic rings. The molecular weight excluding hydrogens is 218 g/mol. The minimum Gasteiger partial charge on any atom is -0.351 e. The molecule has 0 fully saturated rings. The smallest absolute Gasteiger partial charge is 0.261 e. The number of carbonyl (C=O) groups excluding carboxylic acids is 1. The van der Waals surface area contributed by atoms with Crippen LogP contribution in [-0.4, -0.2) is 17.8 Å². The summed E-state index contributed by atoms with van der Waals surface area (Å²) in [5, 5.41) is 4.94. The Morgan fingerprint density at radius 3 is 3.07 bits per heavy atom. The summed E-state index contributed by atoms with van der Waals surface area (Å²) in [6.07, 6.45) is 1.87. The molecule has 2 nitrogen and oxygen atoms in total.